The Hall–Kier alpha value is -1.61. The van der Waals surface area contributed by atoms with E-state index in [4.69, 9.17) is 9.47 Å². The second kappa shape index (κ2) is 5.36. The standard InChI is InChI=1S/C15H18O3/c1-10-8-14(18-9-11(10)2)15(16)12-4-6-13(17-3)7-5-12/h4-7,14H,8-9H2,1-3H3. The van der Waals surface area contributed by atoms with Crippen molar-refractivity contribution in [3.8, 4) is 5.75 Å². The first-order chi connectivity index (χ1) is 8.61. The maximum atomic E-state index is 12.3. The molecule has 1 aromatic rings. The highest BCUT2D eigenvalue weighted by Crippen LogP contribution is 2.23. The van der Waals surface area contributed by atoms with Crippen LogP contribution in [0.25, 0.3) is 0 Å². The molecule has 1 aliphatic heterocycles. The molecule has 1 aliphatic rings. The predicted molar refractivity (Wildman–Crippen MR) is 70.1 cm³/mol. The van der Waals surface area contributed by atoms with Gasteiger partial charge in [-0.25, -0.2) is 0 Å². The lowest BCUT2D eigenvalue weighted by molar-refractivity contribution is 0.0434. The summed E-state index contributed by atoms with van der Waals surface area (Å²) in [5, 5.41) is 0. The molecule has 1 aromatic carbocycles. The number of hydrogen-bond acceptors (Lipinski definition) is 3. The molecule has 18 heavy (non-hydrogen) atoms. The first kappa shape index (κ1) is 12.8. The average Bonchev–Trinajstić information content (AvgIpc) is 2.41. The van der Waals surface area contributed by atoms with Gasteiger partial charge in [0.1, 0.15) is 11.9 Å². The Labute approximate surface area is 107 Å². The van der Waals surface area contributed by atoms with Crippen LogP contribution in [-0.2, 0) is 4.74 Å². The maximum Gasteiger partial charge on any atom is 0.191 e. The number of carbonyl (C=O) groups is 1. The summed E-state index contributed by atoms with van der Waals surface area (Å²) in [6, 6.07) is 7.16. The lowest BCUT2D eigenvalue weighted by Crippen LogP contribution is -2.29. The summed E-state index contributed by atoms with van der Waals surface area (Å²) in [6.45, 7) is 4.66. The molecule has 3 heteroatoms. The quantitative estimate of drug-likeness (QED) is 0.607. The summed E-state index contributed by atoms with van der Waals surface area (Å²) in [5.41, 5.74) is 3.16. The minimum absolute atomic E-state index is 0.0458. The van der Waals surface area contributed by atoms with Gasteiger partial charge >= 0.3 is 0 Å². The molecule has 0 aromatic heterocycles. The van der Waals surface area contributed by atoms with E-state index in [1.54, 1.807) is 31.4 Å². The van der Waals surface area contributed by atoms with Crippen molar-refractivity contribution in [3.05, 3.63) is 41.0 Å². The molecule has 0 N–H and O–H groups in total. The minimum Gasteiger partial charge on any atom is -0.497 e. The van der Waals surface area contributed by atoms with Gasteiger partial charge in [0.05, 0.1) is 13.7 Å². The molecule has 0 saturated carbocycles. The van der Waals surface area contributed by atoms with Gasteiger partial charge in [0.25, 0.3) is 0 Å². The number of hydrogen-bond donors (Lipinski definition) is 0. The molecule has 0 amide bonds. The number of ketones is 1. The topological polar surface area (TPSA) is 35.5 Å². The first-order valence-corrected chi connectivity index (χ1v) is 6.07. The van der Waals surface area contributed by atoms with Crippen molar-refractivity contribution in [2.45, 2.75) is 26.4 Å². The molecule has 0 saturated heterocycles. The third-order valence-electron chi connectivity index (χ3n) is 3.39. The number of carbonyl (C=O) groups excluding carboxylic acids is 1. The van der Waals surface area contributed by atoms with Gasteiger partial charge in [-0.2, -0.15) is 0 Å². The van der Waals surface area contributed by atoms with Crippen molar-refractivity contribution < 1.29 is 14.3 Å². The van der Waals surface area contributed by atoms with Crippen molar-refractivity contribution in [1.82, 2.24) is 0 Å². The second-order valence-corrected chi connectivity index (χ2v) is 4.66. The summed E-state index contributed by atoms with van der Waals surface area (Å²) in [4.78, 5) is 12.3. The Bertz CT molecular complexity index is 471. The number of methoxy groups -OCH3 is 1. The monoisotopic (exact) mass is 246 g/mol. The highest BCUT2D eigenvalue weighted by atomic mass is 16.5. The lowest BCUT2D eigenvalue weighted by Gasteiger charge is -2.24. The highest BCUT2D eigenvalue weighted by molar-refractivity contribution is 5.99. The van der Waals surface area contributed by atoms with Gasteiger partial charge < -0.3 is 9.47 Å². The fourth-order valence-corrected chi connectivity index (χ4v) is 1.97. The summed E-state index contributed by atoms with van der Waals surface area (Å²) >= 11 is 0. The molecule has 3 nitrogen and oxygen atoms in total. The van der Waals surface area contributed by atoms with Gasteiger partial charge in [-0.3, -0.25) is 4.79 Å². The van der Waals surface area contributed by atoms with Crippen LogP contribution in [0.5, 0.6) is 5.75 Å². The van der Waals surface area contributed by atoms with Crippen LogP contribution in [0.1, 0.15) is 30.6 Å². The summed E-state index contributed by atoms with van der Waals surface area (Å²) in [6.07, 6.45) is 0.346. The van der Waals surface area contributed by atoms with Crippen molar-refractivity contribution in [2.75, 3.05) is 13.7 Å². The fraction of sp³-hybridized carbons (Fsp3) is 0.400. The predicted octanol–water partition coefficient (Wildman–Crippen LogP) is 3.00. The zero-order chi connectivity index (χ0) is 13.1. The van der Waals surface area contributed by atoms with Crippen molar-refractivity contribution in [3.63, 3.8) is 0 Å². The van der Waals surface area contributed by atoms with E-state index < -0.39 is 0 Å². The first-order valence-electron chi connectivity index (χ1n) is 6.07. The molecule has 0 fully saturated rings. The zero-order valence-electron chi connectivity index (χ0n) is 11.0. The molecule has 0 spiro atoms. The van der Waals surface area contributed by atoms with E-state index in [-0.39, 0.29) is 11.9 Å². The van der Waals surface area contributed by atoms with Crippen LogP contribution in [0.2, 0.25) is 0 Å². The van der Waals surface area contributed by atoms with Gasteiger partial charge in [-0.15, -0.1) is 0 Å². The van der Waals surface area contributed by atoms with Crippen LogP contribution in [-0.4, -0.2) is 25.6 Å². The van der Waals surface area contributed by atoms with E-state index in [0.29, 0.717) is 18.6 Å². The Morgan fingerprint density at radius 3 is 2.44 bits per heavy atom. The average molecular weight is 246 g/mol. The fourth-order valence-electron chi connectivity index (χ4n) is 1.97. The summed E-state index contributed by atoms with van der Waals surface area (Å²) in [5.74, 6) is 0.799. The molecule has 96 valence electrons. The van der Waals surface area contributed by atoms with Gasteiger partial charge in [0, 0.05) is 12.0 Å². The number of benzene rings is 1. The molecule has 0 bridgehead atoms. The van der Waals surface area contributed by atoms with Crippen LogP contribution in [0.15, 0.2) is 35.4 Å². The van der Waals surface area contributed by atoms with E-state index in [0.717, 1.165) is 5.75 Å². The summed E-state index contributed by atoms with van der Waals surface area (Å²) in [7, 11) is 1.61. The molecule has 1 heterocycles. The van der Waals surface area contributed by atoms with E-state index in [1.165, 1.54) is 11.1 Å². The summed E-state index contributed by atoms with van der Waals surface area (Å²) < 4.78 is 10.7. The molecule has 0 aliphatic carbocycles. The van der Waals surface area contributed by atoms with Gasteiger partial charge in [-0.1, -0.05) is 5.57 Å². The molecular weight excluding hydrogens is 228 g/mol. The Morgan fingerprint density at radius 1 is 1.22 bits per heavy atom. The molecular formula is C15H18O3. The molecule has 1 unspecified atom stereocenters. The minimum atomic E-state index is -0.345. The number of rotatable bonds is 3. The van der Waals surface area contributed by atoms with Crippen molar-refractivity contribution >= 4 is 5.78 Å². The second-order valence-electron chi connectivity index (χ2n) is 4.66. The normalized spacial score (nSPS) is 19.8. The SMILES string of the molecule is COc1ccc(C(=O)C2CC(C)=C(C)CO2)cc1. The van der Waals surface area contributed by atoms with Crippen molar-refractivity contribution in [1.29, 1.82) is 0 Å². The van der Waals surface area contributed by atoms with Crippen LogP contribution >= 0.6 is 0 Å². The maximum absolute atomic E-state index is 12.3. The van der Waals surface area contributed by atoms with E-state index >= 15 is 0 Å². The Kier molecular flexibility index (Phi) is 3.82. The van der Waals surface area contributed by atoms with Crippen molar-refractivity contribution in [2.24, 2.45) is 0 Å². The van der Waals surface area contributed by atoms with E-state index in [2.05, 4.69) is 6.92 Å². The van der Waals surface area contributed by atoms with E-state index in [9.17, 15) is 4.79 Å². The largest absolute Gasteiger partial charge is 0.497 e. The highest BCUT2D eigenvalue weighted by Gasteiger charge is 2.25. The van der Waals surface area contributed by atoms with Gasteiger partial charge in [0.15, 0.2) is 5.78 Å². The van der Waals surface area contributed by atoms with Gasteiger partial charge in [-0.05, 0) is 43.7 Å². The number of ether oxygens (including phenoxy) is 2. The van der Waals surface area contributed by atoms with Crippen LogP contribution in [0.4, 0.5) is 0 Å². The molecule has 2 rings (SSSR count). The van der Waals surface area contributed by atoms with Crippen LogP contribution < -0.4 is 4.74 Å². The Morgan fingerprint density at radius 2 is 1.89 bits per heavy atom. The van der Waals surface area contributed by atoms with Crippen LogP contribution in [0.3, 0.4) is 0 Å². The van der Waals surface area contributed by atoms with E-state index in [1.807, 2.05) is 6.92 Å². The molecule has 1 atom stereocenters. The number of Topliss-reactive ketones (excluding diaryl/α,β-unsaturated/α-hetero) is 1. The van der Waals surface area contributed by atoms with Crippen LogP contribution in [0, 0.1) is 0 Å². The molecule has 0 radical (unpaired) electrons. The smallest absolute Gasteiger partial charge is 0.191 e. The lowest BCUT2D eigenvalue weighted by atomic mass is 9.96. The zero-order valence-corrected chi connectivity index (χ0v) is 11.0. The van der Waals surface area contributed by atoms with Gasteiger partial charge in [0.2, 0.25) is 0 Å². The third-order valence-corrected chi connectivity index (χ3v) is 3.39. The third kappa shape index (κ3) is 2.62. The Balaban J connectivity index is 2.12.